The Balaban J connectivity index is 2.85. The van der Waals surface area contributed by atoms with Gasteiger partial charge >= 0.3 is 0 Å². The second kappa shape index (κ2) is 7.46. The molecule has 0 spiro atoms. The summed E-state index contributed by atoms with van der Waals surface area (Å²) in [4.78, 5) is 10.2. The van der Waals surface area contributed by atoms with E-state index in [1.54, 1.807) is 0 Å². The lowest BCUT2D eigenvalue weighted by molar-refractivity contribution is -0.117. The first-order chi connectivity index (χ1) is 5.27. The molecule has 0 aliphatic carbocycles. The lowest BCUT2D eigenvalue weighted by atomic mass is 10.6. The number of rotatable bonds is 7. The van der Waals surface area contributed by atoms with Gasteiger partial charge in [-0.1, -0.05) is 0 Å². The number of ether oxygens (including phenoxy) is 1. The van der Waals surface area contributed by atoms with Crippen LogP contribution in [-0.2, 0) is 9.53 Å². The van der Waals surface area contributed by atoms with Gasteiger partial charge in [-0.2, -0.15) is 0 Å². The van der Waals surface area contributed by atoms with Crippen molar-refractivity contribution in [1.29, 1.82) is 0 Å². The zero-order valence-corrected chi connectivity index (χ0v) is 6.38. The number of aliphatic hydroxyl groups is 1. The maximum absolute atomic E-state index is 10.2. The number of primary amides is 1. The molecule has 5 nitrogen and oxygen atoms in total. The fraction of sp³-hybridized carbons (Fsp3) is 0.833. The molecule has 0 saturated carbocycles. The third kappa shape index (κ3) is 9.35. The molecular formula is C6H14N2O3. The van der Waals surface area contributed by atoms with Crippen LogP contribution in [0.3, 0.4) is 0 Å². The molecule has 0 unspecified atom stereocenters. The van der Waals surface area contributed by atoms with E-state index in [0.29, 0.717) is 19.8 Å². The molecular weight excluding hydrogens is 148 g/mol. The Morgan fingerprint density at radius 3 is 2.82 bits per heavy atom. The Bertz CT molecular complexity index is 108. The standard InChI is InChI=1S/C6H14N2O3/c7-6(10)5-8-1-3-11-4-2-9/h8-9H,1-5H2,(H2,7,10). The molecule has 0 saturated heterocycles. The van der Waals surface area contributed by atoms with Gasteiger partial charge in [0.2, 0.25) is 5.91 Å². The highest BCUT2D eigenvalue weighted by Crippen LogP contribution is 1.70. The summed E-state index contributed by atoms with van der Waals surface area (Å²) in [5.41, 5.74) is 4.85. The number of aliphatic hydroxyl groups excluding tert-OH is 1. The number of amides is 1. The van der Waals surface area contributed by atoms with E-state index in [2.05, 4.69) is 5.32 Å². The van der Waals surface area contributed by atoms with Gasteiger partial charge < -0.3 is 20.9 Å². The van der Waals surface area contributed by atoms with E-state index in [9.17, 15) is 4.79 Å². The van der Waals surface area contributed by atoms with Crippen LogP contribution in [0.5, 0.6) is 0 Å². The Labute approximate surface area is 65.5 Å². The van der Waals surface area contributed by atoms with Crippen molar-refractivity contribution in [3.8, 4) is 0 Å². The van der Waals surface area contributed by atoms with E-state index in [1.165, 1.54) is 0 Å². The van der Waals surface area contributed by atoms with E-state index in [0.717, 1.165) is 0 Å². The van der Waals surface area contributed by atoms with Crippen LogP contribution in [0.1, 0.15) is 0 Å². The van der Waals surface area contributed by atoms with Gasteiger partial charge in [0.15, 0.2) is 0 Å². The first-order valence-corrected chi connectivity index (χ1v) is 3.45. The molecule has 0 fully saturated rings. The number of carbonyl (C=O) groups is 1. The minimum Gasteiger partial charge on any atom is -0.394 e. The summed E-state index contributed by atoms with van der Waals surface area (Å²) in [5.74, 6) is -0.382. The van der Waals surface area contributed by atoms with E-state index >= 15 is 0 Å². The number of hydrogen-bond donors (Lipinski definition) is 3. The maximum atomic E-state index is 10.2. The zero-order chi connectivity index (χ0) is 8.53. The highest BCUT2D eigenvalue weighted by Gasteiger charge is 1.91. The Morgan fingerprint density at radius 2 is 2.27 bits per heavy atom. The SMILES string of the molecule is NC(=O)CNCCOCCO. The van der Waals surface area contributed by atoms with Gasteiger partial charge in [0.1, 0.15) is 0 Å². The second-order valence-corrected chi connectivity index (χ2v) is 1.98. The predicted octanol–water partition coefficient (Wildman–Crippen LogP) is -1.93. The summed E-state index contributed by atoms with van der Waals surface area (Å²) in [6.45, 7) is 1.58. The molecule has 0 aromatic heterocycles. The van der Waals surface area contributed by atoms with Crippen molar-refractivity contribution in [3.05, 3.63) is 0 Å². The van der Waals surface area contributed by atoms with Gasteiger partial charge in [-0.15, -0.1) is 0 Å². The molecule has 0 aromatic rings. The molecule has 0 aromatic carbocycles. The van der Waals surface area contributed by atoms with Crippen molar-refractivity contribution in [3.63, 3.8) is 0 Å². The number of nitrogens with two attached hydrogens (primary N) is 1. The second-order valence-electron chi connectivity index (χ2n) is 1.98. The largest absolute Gasteiger partial charge is 0.394 e. The van der Waals surface area contributed by atoms with Crippen LogP contribution in [0, 0.1) is 0 Å². The number of carbonyl (C=O) groups excluding carboxylic acids is 1. The third-order valence-corrected chi connectivity index (χ3v) is 0.958. The molecule has 5 heteroatoms. The summed E-state index contributed by atoms with van der Waals surface area (Å²) >= 11 is 0. The third-order valence-electron chi connectivity index (χ3n) is 0.958. The van der Waals surface area contributed by atoms with Gasteiger partial charge in [-0.25, -0.2) is 0 Å². The van der Waals surface area contributed by atoms with E-state index in [1.807, 2.05) is 0 Å². The van der Waals surface area contributed by atoms with Crippen molar-refractivity contribution >= 4 is 5.91 Å². The maximum Gasteiger partial charge on any atom is 0.231 e. The van der Waals surface area contributed by atoms with Crippen LogP contribution in [0.4, 0.5) is 0 Å². The van der Waals surface area contributed by atoms with Gasteiger partial charge in [0, 0.05) is 6.54 Å². The van der Waals surface area contributed by atoms with Crippen LogP contribution in [0.15, 0.2) is 0 Å². The van der Waals surface area contributed by atoms with Gasteiger partial charge in [-0.3, -0.25) is 4.79 Å². The molecule has 0 rings (SSSR count). The molecule has 0 heterocycles. The first kappa shape index (κ1) is 10.3. The molecule has 66 valence electrons. The average Bonchev–Trinajstić information content (AvgIpc) is 1.96. The van der Waals surface area contributed by atoms with E-state index < -0.39 is 0 Å². The quantitative estimate of drug-likeness (QED) is 0.381. The molecule has 0 aliphatic heterocycles. The first-order valence-electron chi connectivity index (χ1n) is 3.45. The van der Waals surface area contributed by atoms with Crippen LogP contribution in [-0.4, -0.2) is 43.9 Å². The van der Waals surface area contributed by atoms with Crippen LogP contribution in [0.2, 0.25) is 0 Å². The number of hydrogen-bond acceptors (Lipinski definition) is 4. The van der Waals surface area contributed by atoms with Crippen molar-refractivity contribution in [2.24, 2.45) is 5.73 Å². The molecule has 1 amide bonds. The Morgan fingerprint density at radius 1 is 1.55 bits per heavy atom. The molecule has 0 atom stereocenters. The van der Waals surface area contributed by atoms with Gasteiger partial charge in [-0.05, 0) is 0 Å². The molecule has 0 bridgehead atoms. The summed E-state index contributed by atoms with van der Waals surface area (Å²) in [7, 11) is 0. The summed E-state index contributed by atoms with van der Waals surface area (Å²) in [6, 6.07) is 0. The molecule has 4 N–H and O–H groups in total. The predicted molar refractivity (Wildman–Crippen MR) is 40.0 cm³/mol. The smallest absolute Gasteiger partial charge is 0.231 e. The van der Waals surface area contributed by atoms with Crippen molar-refractivity contribution in [1.82, 2.24) is 5.32 Å². The molecule has 11 heavy (non-hydrogen) atoms. The number of nitrogens with one attached hydrogen (secondary N) is 1. The summed E-state index contributed by atoms with van der Waals surface area (Å²) in [5, 5.41) is 11.1. The fourth-order valence-corrected chi connectivity index (χ4v) is 0.523. The van der Waals surface area contributed by atoms with Gasteiger partial charge in [0.05, 0.1) is 26.4 Å². The Hall–Kier alpha value is -0.650. The van der Waals surface area contributed by atoms with E-state index in [4.69, 9.17) is 15.6 Å². The zero-order valence-electron chi connectivity index (χ0n) is 6.38. The minimum absolute atomic E-state index is 0.0236. The van der Waals surface area contributed by atoms with Crippen molar-refractivity contribution < 1.29 is 14.6 Å². The normalized spacial score (nSPS) is 9.91. The van der Waals surface area contributed by atoms with Crippen LogP contribution in [0.25, 0.3) is 0 Å². The lowest BCUT2D eigenvalue weighted by Crippen LogP contribution is -2.31. The monoisotopic (exact) mass is 162 g/mol. The van der Waals surface area contributed by atoms with Crippen molar-refractivity contribution in [2.75, 3.05) is 32.9 Å². The summed E-state index contributed by atoms with van der Waals surface area (Å²) < 4.78 is 4.90. The molecule has 0 radical (unpaired) electrons. The minimum atomic E-state index is -0.382. The highest BCUT2D eigenvalue weighted by molar-refractivity contribution is 5.75. The topological polar surface area (TPSA) is 84.6 Å². The van der Waals surface area contributed by atoms with E-state index in [-0.39, 0.29) is 19.1 Å². The van der Waals surface area contributed by atoms with Crippen LogP contribution < -0.4 is 11.1 Å². The van der Waals surface area contributed by atoms with Crippen LogP contribution >= 0.6 is 0 Å². The summed E-state index contributed by atoms with van der Waals surface area (Å²) in [6.07, 6.45) is 0. The fourth-order valence-electron chi connectivity index (χ4n) is 0.523. The molecule has 0 aliphatic rings. The average molecular weight is 162 g/mol. The van der Waals surface area contributed by atoms with Crippen molar-refractivity contribution in [2.45, 2.75) is 0 Å². The Kier molecular flexibility index (Phi) is 7.02. The van der Waals surface area contributed by atoms with Gasteiger partial charge in [0.25, 0.3) is 0 Å². The lowest BCUT2D eigenvalue weighted by Gasteiger charge is -2.02. The highest BCUT2D eigenvalue weighted by atomic mass is 16.5.